The molecule has 1 saturated carbocycles. The summed E-state index contributed by atoms with van der Waals surface area (Å²) in [6.45, 7) is 13.2. The monoisotopic (exact) mass is 213 g/mol. The molecule has 0 aromatic carbocycles. The first-order chi connectivity index (χ1) is 7.04. The second kappa shape index (κ2) is 5.31. The molecule has 0 amide bonds. The molecule has 0 spiro atoms. The first-order valence-electron chi connectivity index (χ1n) is 6.39. The van der Waals surface area contributed by atoms with Gasteiger partial charge in [-0.2, -0.15) is 0 Å². The van der Waals surface area contributed by atoms with Gasteiger partial charge in [0.05, 0.1) is 6.10 Å². The van der Waals surface area contributed by atoms with Crippen LogP contribution in [0, 0.1) is 11.3 Å². The van der Waals surface area contributed by atoms with E-state index in [1.807, 2.05) is 0 Å². The minimum atomic E-state index is 0.352. The summed E-state index contributed by atoms with van der Waals surface area (Å²) in [6.07, 6.45) is 2.85. The van der Waals surface area contributed by atoms with Crippen LogP contribution in [-0.2, 0) is 4.74 Å². The maximum atomic E-state index is 5.98. The Labute approximate surface area is 94.8 Å². The normalized spacial score (nSPS) is 35.6. The lowest BCUT2D eigenvalue weighted by molar-refractivity contribution is -0.134. The molecule has 3 atom stereocenters. The van der Waals surface area contributed by atoms with Gasteiger partial charge in [0.1, 0.15) is 0 Å². The van der Waals surface area contributed by atoms with E-state index in [1.54, 1.807) is 0 Å². The van der Waals surface area contributed by atoms with Gasteiger partial charge in [0.25, 0.3) is 0 Å². The first-order valence-corrected chi connectivity index (χ1v) is 6.39. The van der Waals surface area contributed by atoms with Crippen molar-refractivity contribution in [2.75, 3.05) is 13.2 Å². The van der Waals surface area contributed by atoms with E-state index >= 15 is 0 Å². The zero-order valence-electron chi connectivity index (χ0n) is 11.0. The van der Waals surface area contributed by atoms with Crippen LogP contribution in [0.1, 0.15) is 47.5 Å². The smallest absolute Gasteiger partial charge is 0.0658 e. The molecule has 2 nitrogen and oxygen atoms in total. The average molecular weight is 213 g/mol. The van der Waals surface area contributed by atoms with Gasteiger partial charge >= 0.3 is 0 Å². The molecule has 15 heavy (non-hydrogen) atoms. The molecule has 0 aliphatic heterocycles. The molecule has 1 aliphatic carbocycles. The molecule has 0 heterocycles. The molecule has 90 valence electrons. The average Bonchev–Trinajstić information content (AvgIpc) is 2.20. The molecule has 0 bridgehead atoms. The quantitative estimate of drug-likeness (QED) is 0.732. The van der Waals surface area contributed by atoms with Crippen molar-refractivity contribution < 1.29 is 4.74 Å². The molecule has 0 aromatic heterocycles. The molecular weight excluding hydrogens is 186 g/mol. The van der Waals surface area contributed by atoms with Crippen molar-refractivity contribution in [3.05, 3.63) is 0 Å². The lowest BCUT2D eigenvalue weighted by Crippen LogP contribution is -2.62. The van der Waals surface area contributed by atoms with Crippen LogP contribution >= 0.6 is 0 Å². The zero-order chi connectivity index (χ0) is 11.5. The maximum absolute atomic E-state index is 5.98. The Morgan fingerprint density at radius 3 is 2.53 bits per heavy atom. The lowest BCUT2D eigenvalue weighted by atomic mass is 9.61. The fraction of sp³-hybridized carbons (Fsp3) is 1.00. The van der Waals surface area contributed by atoms with Crippen LogP contribution in [0.3, 0.4) is 0 Å². The van der Waals surface area contributed by atoms with Crippen molar-refractivity contribution in [3.63, 3.8) is 0 Å². The summed E-state index contributed by atoms with van der Waals surface area (Å²) in [5.74, 6) is 0.643. The Bertz CT molecular complexity index is 193. The molecule has 1 fully saturated rings. The maximum Gasteiger partial charge on any atom is 0.0658 e. The Morgan fingerprint density at radius 1 is 1.40 bits per heavy atom. The first kappa shape index (κ1) is 13.0. The van der Waals surface area contributed by atoms with E-state index in [-0.39, 0.29) is 0 Å². The van der Waals surface area contributed by atoms with Gasteiger partial charge in [-0.05, 0) is 25.3 Å². The third-order valence-electron chi connectivity index (χ3n) is 3.82. The molecular formula is C13H27NO. The fourth-order valence-corrected chi connectivity index (χ4v) is 2.42. The molecule has 1 rings (SSSR count). The Balaban J connectivity index is 2.42. The van der Waals surface area contributed by atoms with E-state index < -0.39 is 0 Å². The van der Waals surface area contributed by atoms with Crippen molar-refractivity contribution in [2.45, 2.75) is 59.6 Å². The number of rotatable bonds is 6. The van der Waals surface area contributed by atoms with Crippen LogP contribution in [0.25, 0.3) is 0 Å². The van der Waals surface area contributed by atoms with E-state index in [0.717, 1.165) is 13.2 Å². The minimum Gasteiger partial charge on any atom is -0.377 e. The molecule has 1 N–H and O–H groups in total. The predicted octanol–water partition coefficient (Wildman–Crippen LogP) is 2.83. The summed E-state index contributed by atoms with van der Waals surface area (Å²) < 4.78 is 5.98. The van der Waals surface area contributed by atoms with E-state index in [4.69, 9.17) is 4.74 Å². The Morgan fingerprint density at radius 2 is 2.07 bits per heavy atom. The standard InChI is InChI=1S/C13H27NO/c1-6-13(5)11(14-7-2)8-12(13)15-9-10(3)4/h10-12,14H,6-9H2,1-5H3. The molecule has 2 heteroatoms. The van der Waals surface area contributed by atoms with Gasteiger partial charge in [0.15, 0.2) is 0 Å². The third kappa shape index (κ3) is 2.73. The van der Waals surface area contributed by atoms with Gasteiger partial charge in [0, 0.05) is 18.1 Å². The van der Waals surface area contributed by atoms with Gasteiger partial charge < -0.3 is 10.1 Å². The summed E-state index contributed by atoms with van der Waals surface area (Å²) in [4.78, 5) is 0. The SMILES string of the molecule is CCNC1CC(OCC(C)C)C1(C)CC. The van der Waals surface area contributed by atoms with Crippen molar-refractivity contribution in [3.8, 4) is 0 Å². The molecule has 0 aromatic rings. The number of ether oxygens (including phenoxy) is 1. The van der Waals surface area contributed by atoms with Crippen molar-refractivity contribution >= 4 is 0 Å². The van der Waals surface area contributed by atoms with Crippen molar-refractivity contribution in [1.29, 1.82) is 0 Å². The van der Waals surface area contributed by atoms with Gasteiger partial charge in [-0.3, -0.25) is 0 Å². The molecule has 3 unspecified atom stereocenters. The highest BCUT2D eigenvalue weighted by atomic mass is 16.5. The van der Waals surface area contributed by atoms with Crippen LogP contribution < -0.4 is 5.32 Å². The molecule has 0 radical (unpaired) electrons. The second-order valence-corrected chi connectivity index (χ2v) is 5.42. The number of nitrogens with one attached hydrogen (secondary N) is 1. The molecule has 1 aliphatic rings. The Kier molecular flexibility index (Phi) is 4.60. The van der Waals surface area contributed by atoms with Crippen molar-refractivity contribution in [1.82, 2.24) is 5.32 Å². The topological polar surface area (TPSA) is 21.3 Å². The van der Waals surface area contributed by atoms with Crippen molar-refractivity contribution in [2.24, 2.45) is 11.3 Å². The summed E-state index contributed by atoms with van der Waals surface area (Å²) in [6, 6.07) is 0.657. The number of hydrogen-bond donors (Lipinski definition) is 1. The zero-order valence-corrected chi connectivity index (χ0v) is 11.0. The van der Waals surface area contributed by atoms with Gasteiger partial charge in [-0.1, -0.05) is 34.6 Å². The summed E-state index contributed by atoms with van der Waals surface area (Å²) in [5, 5.41) is 3.56. The van der Waals surface area contributed by atoms with Crippen LogP contribution in [0.5, 0.6) is 0 Å². The summed E-state index contributed by atoms with van der Waals surface area (Å²) >= 11 is 0. The van der Waals surface area contributed by atoms with E-state index in [2.05, 4.69) is 39.9 Å². The summed E-state index contributed by atoms with van der Waals surface area (Å²) in [7, 11) is 0. The summed E-state index contributed by atoms with van der Waals surface area (Å²) in [5.41, 5.74) is 0.352. The third-order valence-corrected chi connectivity index (χ3v) is 3.82. The lowest BCUT2D eigenvalue weighted by Gasteiger charge is -2.54. The highest BCUT2D eigenvalue weighted by Crippen LogP contribution is 2.45. The van der Waals surface area contributed by atoms with Crippen LogP contribution in [0.2, 0.25) is 0 Å². The van der Waals surface area contributed by atoms with E-state index in [1.165, 1.54) is 12.8 Å². The van der Waals surface area contributed by atoms with Gasteiger partial charge in [-0.25, -0.2) is 0 Å². The van der Waals surface area contributed by atoms with Crippen LogP contribution in [-0.4, -0.2) is 25.3 Å². The minimum absolute atomic E-state index is 0.352. The van der Waals surface area contributed by atoms with Gasteiger partial charge in [0.2, 0.25) is 0 Å². The Hall–Kier alpha value is -0.0800. The van der Waals surface area contributed by atoms with Gasteiger partial charge in [-0.15, -0.1) is 0 Å². The van der Waals surface area contributed by atoms with Crippen LogP contribution in [0.15, 0.2) is 0 Å². The van der Waals surface area contributed by atoms with Crippen LogP contribution in [0.4, 0.5) is 0 Å². The second-order valence-electron chi connectivity index (χ2n) is 5.42. The highest BCUT2D eigenvalue weighted by molar-refractivity contribution is 5.04. The van der Waals surface area contributed by atoms with E-state index in [0.29, 0.717) is 23.5 Å². The predicted molar refractivity (Wildman–Crippen MR) is 65.1 cm³/mol. The molecule has 0 saturated heterocycles. The fourth-order valence-electron chi connectivity index (χ4n) is 2.42. The largest absolute Gasteiger partial charge is 0.377 e. The van der Waals surface area contributed by atoms with E-state index in [9.17, 15) is 0 Å². The highest BCUT2D eigenvalue weighted by Gasteiger charge is 2.50. The number of hydrogen-bond acceptors (Lipinski definition) is 2.